The molecule has 1 aromatic carbocycles. The molecular formula is C16H22BrN5. The first kappa shape index (κ1) is 15.4. The van der Waals surface area contributed by atoms with Gasteiger partial charge in [0.15, 0.2) is 5.96 Å². The van der Waals surface area contributed by atoms with Gasteiger partial charge in [-0.3, -0.25) is 4.99 Å². The second-order valence-corrected chi connectivity index (χ2v) is 6.68. The van der Waals surface area contributed by atoms with E-state index in [2.05, 4.69) is 49.4 Å². The third kappa shape index (κ3) is 3.28. The molecule has 118 valence electrons. The molecule has 0 fully saturated rings. The fraction of sp³-hybridized carbons (Fsp3) is 0.438. The first-order valence-electron chi connectivity index (χ1n) is 7.74. The number of nitrogens with one attached hydrogen (secondary N) is 2. The molecule has 1 aromatic heterocycles. The van der Waals surface area contributed by atoms with Crippen molar-refractivity contribution in [1.82, 2.24) is 10.3 Å². The van der Waals surface area contributed by atoms with Crippen LogP contribution in [-0.2, 0) is 6.42 Å². The zero-order chi connectivity index (χ0) is 15.5. The van der Waals surface area contributed by atoms with Gasteiger partial charge in [-0.15, -0.1) is 0 Å². The van der Waals surface area contributed by atoms with Crippen molar-refractivity contribution >= 4 is 32.8 Å². The van der Waals surface area contributed by atoms with E-state index in [1.54, 1.807) is 0 Å². The van der Waals surface area contributed by atoms with Gasteiger partial charge < -0.3 is 21.8 Å². The molecule has 0 radical (unpaired) electrons. The summed E-state index contributed by atoms with van der Waals surface area (Å²) in [5.41, 5.74) is 14.7. The highest BCUT2D eigenvalue weighted by Gasteiger charge is 2.23. The second kappa shape index (κ2) is 6.71. The Morgan fingerprint density at radius 2 is 2.18 bits per heavy atom. The lowest BCUT2D eigenvalue weighted by atomic mass is 9.96. The average molecular weight is 364 g/mol. The predicted molar refractivity (Wildman–Crippen MR) is 95.0 cm³/mol. The van der Waals surface area contributed by atoms with Gasteiger partial charge in [0, 0.05) is 33.7 Å². The SMILES string of the molecule is NC(N)=NCCCC[C@@H]1NCCc2c1[nH]c1cc(Br)ccc21. The van der Waals surface area contributed by atoms with Gasteiger partial charge in [0.2, 0.25) is 0 Å². The Bertz CT molecular complexity index is 687. The molecule has 1 atom stereocenters. The van der Waals surface area contributed by atoms with Crippen LogP contribution in [0.5, 0.6) is 0 Å². The van der Waals surface area contributed by atoms with Gasteiger partial charge in [0.05, 0.1) is 0 Å². The minimum atomic E-state index is 0.180. The van der Waals surface area contributed by atoms with Gasteiger partial charge in [-0.05, 0) is 49.9 Å². The van der Waals surface area contributed by atoms with Gasteiger partial charge in [-0.1, -0.05) is 22.0 Å². The molecule has 6 heteroatoms. The fourth-order valence-corrected chi connectivity index (χ4v) is 3.56. The van der Waals surface area contributed by atoms with Crippen LogP contribution in [0, 0.1) is 0 Å². The Balaban J connectivity index is 1.71. The predicted octanol–water partition coefficient (Wildman–Crippen LogP) is 2.56. The summed E-state index contributed by atoms with van der Waals surface area (Å²) in [4.78, 5) is 7.64. The van der Waals surface area contributed by atoms with Crippen molar-refractivity contribution in [3.05, 3.63) is 33.9 Å². The third-order valence-electron chi connectivity index (χ3n) is 4.21. The van der Waals surface area contributed by atoms with Crippen molar-refractivity contribution in [3.63, 3.8) is 0 Å². The highest BCUT2D eigenvalue weighted by atomic mass is 79.9. The number of aliphatic imine (C=N–C) groups is 1. The maximum absolute atomic E-state index is 5.34. The molecule has 1 aliphatic heterocycles. The standard InChI is InChI=1S/C16H22BrN5/c17-10-4-5-11-12-6-8-20-13(15(12)22-14(11)9-10)3-1-2-7-21-16(18)19/h4-5,9,13,20,22H,1-3,6-8H2,(H4,18,19,21)/t13-/m0/s1. The van der Waals surface area contributed by atoms with Crippen LogP contribution < -0.4 is 16.8 Å². The summed E-state index contributed by atoms with van der Waals surface area (Å²) < 4.78 is 1.11. The van der Waals surface area contributed by atoms with E-state index in [0.717, 1.165) is 36.7 Å². The third-order valence-corrected chi connectivity index (χ3v) is 4.70. The quantitative estimate of drug-likeness (QED) is 0.373. The Morgan fingerprint density at radius 3 is 3.00 bits per heavy atom. The van der Waals surface area contributed by atoms with Crippen LogP contribution >= 0.6 is 15.9 Å². The van der Waals surface area contributed by atoms with E-state index in [4.69, 9.17) is 11.5 Å². The first-order chi connectivity index (χ1) is 10.6. The van der Waals surface area contributed by atoms with E-state index in [0.29, 0.717) is 12.6 Å². The molecule has 0 saturated heterocycles. The fourth-order valence-electron chi connectivity index (χ4n) is 3.20. The molecule has 0 spiro atoms. The van der Waals surface area contributed by atoms with E-state index in [1.807, 2.05) is 0 Å². The number of fused-ring (bicyclic) bond motifs is 3. The van der Waals surface area contributed by atoms with Gasteiger partial charge in [0.1, 0.15) is 0 Å². The highest BCUT2D eigenvalue weighted by Crippen LogP contribution is 2.33. The van der Waals surface area contributed by atoms with Crippen molar-refractivity contribution in [2.45, 2.75) is 31.7 Å². The van der Waals surface area contributed by atoms with Gasteiger partial charge in [-0.25, -0.2) is 0 Å². The Morgan fingerprint density at radius 1 is 1.32 bits per heavy atom. The Hall–Kier alpha value is -1.53. The van der Waals surface area contributed by atoms with Crippen LogP contribution in [0.1, 0.15) is 36.6 Å². The number of guanidine groups is 1. The normalized spacial score (nSPS) is 17.4. The smallest absolute Gasteiger partial charge is 0.185 e. The number of unbranched alkanes of at least 4 members (excludes halogenated alkanes) is 1. The molecule has 0 bridgehead atoms. The van der Waals surface area contributed by atoms with Crippen molar-refractivity contribution in [2.75, 3.05) is 13.1 Å². The number of nitrogens with two attached hydrogens (primary N) is 2. The van der Waals surface area contributed by atoms with Crippen LogP contribution in [0.3, 0.4) is 0 Å². The summed E-state index contributed by atoms with van der Waals surface area (Å²) >= 11 is 3.54. The number of aromatic nitrogens is 1. The molecule has 6 N–H and O–H groups in total. The number of H-pyrrole nitrogens is 1. The maximum Gasteiger partial charge on any atom is 0.185 e. The van der Waals surface area contributed by atoms with E-state index in [-0.39, 0.29) is 5.96 Å². The summed E-state index contributed by atoms with van der Waals surface area (Å²) in [5.74, 6) is 0.180. The van der Waals surface area contributed by atoms with Crippen LogP contribution in [-0.4, -0.2) is 24.0 Å². The average Bonchev–Trinajstić information content (AvgIpc) is 2.84. The number of hydrogen-bond acceptors (Lipinski definition) is 2. The molecule has 2 aromatic rings. The minimum absolute atomic E-state index is 0.180. The summed E-state index contributed by atoms with van der Waals surface area (Å²) in [6.45, 7) is 1.75. The van der Waals surface area contributed by atoms with Crippen LogP contribution in [0.4, 0.5) is 0 Å². The highest BCUT2D eigenvalue weighted by molar-refractivity contribution is 9.10. The van der Waals surface area contributed by atoms with Crippen LogP contribution in [0.15, 0.2) is 27.7 Å². The minimum Gasteiger partial charge on any atom is -0.370 e. The van der Waals surface area contributed by atoms with Crippen molar-refractivity contribution in [2.24, 2.45) is 16.5 Å². The van der Waals surface area contributed by atoms with Crippen molar-refractivity contribution in [3.8, 4) is 0 Å². The monoisotopic (exact) mass is 363 g/mol. The number of aromatic amines is 1. The van der Waals surface area contributed by atoms with E-state index in [1.165, 1.54) is 22.2 Å². The number of nitrogens with zero attached hydrogens (tertiary/aromatic N) is 1. The first-order valence-corrected chi connectivity index (χ1v) is 8.53. The summed E-state index contributed by atoms with van der Waals surface area (Å²) in [6, 6.07) is 6.87. The van der Waals surface area contributed by atoms with E-state index in [9.17, 15) is 0 Å². The largest absolute Gasteiger partial charge is 0.370 e. The lowest BCUT2D eigenvalue weighted by Gasteiger charge is -2.24. The number of benzene rings is 1. The molecule has 1 aliphatic rings. The summed E-state index contributed by atoms with van der Waals surface area (Å²) in [7, 11) is 0. The molecule has 3 rings (SSSR count). The molecule has 22 heavy (non-hydrogen) atoms. The lowest BCUT2D eigenvalue weighted by Crippen LogP contribution is -2.29. The van der Waals surface area contributed by atoms with Gasteiger partial charge in [-0.2, -0.15) is 0 Å². The van der Waals surface area contributed by atoms with E-state index < -0.39 is 0 Å². The van der Waals surface area contributed by atoms with Crippen LogP contribution in [0.2, 0.25) is 0 Å². The molecule has 0 unspecified atom stereocenters. The topological polar surface area (TPSA) is 92.2 Å². The number of halogens is 1. The number of rotatable bonds is 5. The molecule has 2 heterocycles. The molecule has 5 nitrogen and oxygen atoms in total. The number of hydrogen-bond donors (Lipinski definition) is 4. The lowest BCUT2D eigenvalue weighted by molar-refractivity contribution is 0.451. The Kier molecular flexibility index (Phi) is 4.69. The van der Waals surface area contributed by atoms with Gasteiger partial charge in [0.25, 0.3) is 0 Å². The zero-order valence-corrected chi connectivity index (χ0v) is 14.1. The maximum atomic E-state index is 5.34. The summed E-state index contributed by atoms with van der Waals surface area (Å²) in [5, 5.41) is 4.97. The van der Waals surface area contributed by atoms with Crippen molar-refractivity contribution in [1.29, 1.82) is 0 Å². The summed E-state index contributed by atoms with van der Waals surface area (Å²) in [6.07, 6.45) is 4.30. The van der Waals surface area contributed by atoms with Crippen molar-refractivity contribution < 1.29 is 0 Å². The van der Waals surface area contributed by atoms with E-state index >= 15 is 0 Å². The zero-order valence-electron chi connectivity index (χ0n) is 12.5. The molecule has 0 amide bonds. The molecule has 0 saturated carbocycles. The Labute approximate surface area is 138 Å². The second-order valence-electron chi connectivity index (χ2n) is 5.77. The molecular weight excluding hydrogens is 342 g/mol. The van der Waals surface area contributed by atoms with Crippen LogP contribution in [0.25, 0.3) is 10.9 Å². The molecule has 0 aliphatic carbocycles. The van der Waals surface area contributed by atoms with Gasteiger partial charge >= 0.3 is 0 Å².